The van der Waals surface area contributed by atoms with Crippen molar-refractivity contribution in [3.8, 4) is 17.0 Å². The summed E-state index contributed by atoms with van der Waals surface area (Å²) in [7, 11) is 3.51. The van der Waals surface area contributed by atoms with E-state index in [0.717, 1.165) is 30.0 Å². The Balaban J connectivity index is 2.03. The minimum absolute atomic E-state index is 0.00817. The van der Waals surface area contributed by atoms with Crippen LogP contribution in [0.4, 0.5) is 5.13 Å². The number of thiazole rings is 1. The lowest BCUT2D eigenvalue weighted by molar-refractivity contribution is -0.116. The third-order valence-electron chi connectivity index (χ3n) is 2.96. The van der Waals surface area contributed by atoms with Gasteiger partial charge in [0, 0.05) is 17.4 Å². The summed E-state index contributed by atoms with van der Waals surface area (Å²) in [6.45, 7) is 0.831. The standard InChI is InChI=1S/C15H19N3O2S/c1-16-9-5-8-14(19)18-15-17-12(10-21-15)11-6-3-4-7-13(11)20-2/h3-4,6-7,10,16H,5,8-9H2,1-2H3,(H,17,18,19). The van der Waals surface area contributed by atoms with Crippen molar-refractivity contribution in [3.63, 3.8) is 0 Å². The number of para-hydroxylation sites is 1. The number of nitrogens with zero attached hydrogens (tertiary/aromatic N) is 1. The van der Waals surface area contributed by atoms with Gasteiger partial charge >= 0.3 is 0 Å². The Morgan fingerprint density at radius 2 is 2.19 bits per heavy atom. The molecule has 0 saturated heterocycles. The number of nitrogens with one attached hydrogen (secondary N) is 2. The van der Waals surface area contributed by atoms with Crippen LogP contribution in [-0.4, -0.2) is 31.6 Å². The molecule has 5 nitrogen and oxygen atoms in total. The summed E-state index contributed by atoms with van der Waals surface area (Å²) < 4.78 is 5.33. The molecule has 0 aliphatic rings. The fourth-order valence-electron chi connectivity index (χ4n) is 1.92. The Morgan fingerprint density at radius 1 is 1.38 bits per heavy atom. The number of amides is 1. The normalized spacial score (nSPS) is 10.4. The number of aromatic nitrogens is 1. The molecule has 2 N–H and O–H groups in total. The van der Waals surface area contributed by atoms with Crippen LogP contribution in [0.2, 0.25) is 0 Å². The Hall–Kier alpha value is -1.92. The van der Waals surface area contributed by atoms with E-state index in [-0.39, 0.29) is 5.91 Å². The maximum Gasteiger partial charge on any atom is 0.226 e. The van der Waals surface area contributed by atoms with Crippen LogP contribution in [0, 0.1) is 0 Å². The molecule has 112 valence electrons. The predicted octanol–water partition coefficient (Wildman–Crippen LogP) is 2.76. The van der Waals surface area contributed by atoms with Crippen molar-refractivity contribution in [2.24, 2.45) is 0 Å². The van der Waals surface area contributed by atoms with E-state index in [1.807, 2.05) is 36.7 Å². The van der Waals surface area contributed by atoms with Gasteiger partial charge in [0.15, 0.2) is 5.13 Å². The highest BCUT2D eigenvalue weighted by atomic mass is 32.1. The third kappa shape index (κ3) is 4.27. The van der Waals surface area contributed by atoms with Gasteiger partial charge in [-0.25, -0.2) is 4.98 Å². The highest BCUT2D eigenvalue weighted by Gasteiger charge is 2.11. The SMILES string of the molecule is CNCCCC(=O)Nc1nc(-c2ccccc2OC)cs1. The summed E-state index contributed by atoms with van der Waals surface area (Å²) in [6, 6.07) is 7.70. The molecule has 0 aliphatic carbocycles. The quantitative estimate of drug-likeness (QED) is 0.772. The molecule has 21 heavy (non-hydrogen) atoms. The average molecular weight is 305 g/mol. The number of benzene rings is 1. The van der Waals surface area contributed by atoms with Crippen molar-refractivity contribution in [2.45, 2.75) is 12.8 Å². The maximum absolute atomic E-state index is 11.8. The zero-order chi connectivity index (χ0) is 15.1. The van der Waals surface area contributed by atoms with E-state index in [1.54, 1.807) is 7.11 Å². The molecule has 0 atom stereocenters. The summed E-state index contributed by atoms with van der Waals surface area (Å²) in [5.41, 5.74) is 1.73. The van der Waals surface area contributed by atoms with Gasteiger partial charge in [-0.2, -0.15) is 0 Å². The first-order valence-electron chi connectivity index (χ1n) is 6.78. The van der Waals surface area contributed by atoms with Crippen LogP contribution in [0.1, 0.15) is 12.8 Å². The van der Waals surface area contributed by atoms with Crippen molar-refractivity contribution in [1.82, 2.24) is 10.3 Å². The number of rotatable bonds is 7. The highest BCUT2D eigenvalue weighted by Crippen LogP contribution is 2.31. The van der Waals surface area contributed by atoms with E-state index in [2.05, 4.69) is 15.6 Å². The molecule has 1 aromatic heterocycles. The molecule has 0 unspecified atom stereocenters. The Kier molecular flexibility index (Phi) is 5.71. The van der Waals surface area contributed by atoms with Crippen molar-refractivity contribution >= 4 is 22.4 Å². The highest BCUT2D eigenvalue weighted by molar-refractivity contribution is 7.14. The lowest BCUT2D eigenvalue weighted by Gasteiger charge is -2.05. The molecule has 0 aliphatic heterocycles. The zero-order valence-corrected chi connectivity index (χ0v) is 13.0. The first kappa shape index (κ1) is 15.5. The van der Waals surface area contributed by atoms with Gasteiger partial charge in [-0.3, -0.25) is 4.79 Å². The van der Waals surface area contributed by atoms with Crippen LogP contribution in [0.3, 0.4) is 0 Å². The maximum atomic E-state index is 11.8. The number of hydrogen-bond donors (Lipinski definition) is 2. The average Bonchev–Trinajstić information content (AvgIpc) is 2.95. The van der Waals surface area contributed by atoms with Crippen molar-refractivity contribution in [1.29, 1.82) is 0 Å². The largest absolute Gasteiger partial charge is 0.496 e. The lowest BCUT2D eigenvalue weighted by atomic mass is 10.1. The number of hydrogen-bond acceptors (Lipinski definition) is 5. The molecule has 6 heteroatoms. The monoisotopic (exact) mass is 305 g/mol. The molecule has 1 aromatic carbocycles. The second-order valence-electron chi connectivity index (χ2n) is 4.49. The minimum Gasteiger partial charge on any atom is -0.496 e. The second kappa shape index (κ2) is 7.75. The second-order valence-corrected chi connectivity index (χ2v) is 5.35. The van der Waals surface area contributed by atoms with Crippen LogP contribution in [0.15, 0.2) is 29.6 Å². The van der Waals surface area contributed by atoms with Gasteiger partial charge in [-0.1, -0.05) is 12.1 Å². The number of carbonyl (C=O) groups is 1. The Labute approximate surface area is 128 Å². The Bertz CT molecular complexity index is 598. The van der Waals surface area contributed by atoms with Crippen LogP contribution in [-0.2, 0) is 4.79 Å². The van der Waals surface area contributed by atoms with E-state index < -0.39 is 0 Å². The molecule has 1 heterocycles. The molecule has 0 radical (unpaired) electrons. The molecule has 2 aromatic rings. The fourth-order valence-corrected chi connectivity index (χ4v) is 2.65. The van der Waals surface area contributed by atoms with E-state index in [0.29, 0.717) is 11.6 Å². The summed E-state index contributed by atoms with van der Waals surface area (Å²) >= 11 is 1.42. The smallest absolute Gasteiger partial charge is 0.226 e. The molecule has 0 saturated carbocycles. The zero-order valence-electron chi connectivity index (χ0n) is 12.2. The lowest BCUT2D eigenvalue weighted by Crippen LogP contribution is -2.15. The van der Waals surface area contributed by atoms with Gasteiger partial charge in [0.05, 0.1) is 12.8 Å². The molecule has 0 spiro atoms. The van der Waals surface area contributed by atoms with Crippen LogP contribution < -0.4 is 15.4 Å². The van der Waals surface area contributed by atoms with Crippen LogP contribution in [0.5, 0.6) is 5.75 Å². The van der Waals surface area contributed by atoms with E-state index in [1.165, 1.54) is 11.3 Å². The summed E-state index contributed by atoms with van der Waals surface area (Å²) in [6.07, 6.45) is 1.30. The van der Waals surface area contributed by atoms with Crippen LogP contribution in [0.25, 0.3) is 11.3 Å². The third-order valence-corrected chi connectivity index (χ3v) is 3.72. The van der Waals surface area contributed by atoms with E-state index in [9.17, 15) is 4.79 Å². The molecule has 1 amide bonds. The van der Waals surface area contributed by atoms with Gasteiger partial charge in [-0.15, -0.1) is 11.3 Å². The van der Waals surface area contributed by atoms with Gasteiger partial charge in [0.25, 0.3) is 0 Å². The molecular weight excluding hydrogens is 286 g/mol. The molecule has 0 fully saturated rings. The van der Waals surface area contributed by atoms with Gasteiger partial charge in [-0.05, 0) is 32.1 Å². The number of anilines is 1. The molecule has 0 bridgehead atoms. The van der Waals surface area contributed by atoms with Gasteiger partial charge < -0.3 is 15.4 Å². The predicted molar refractivity (Wildman–Crippen MR) is 85.9 cm³/mol. The first-order chi connectivity index (χ1) is 10.2. The van der Waals surface area contributed by atoms with Gasteiger partial charge in [0.1, 0.15) is 5.75 Å². The topological polar surface area (TPSA) is 63.2 Å². The molecular formula is C15H19N3O2S. The van der Waals surface area contributed by atoms with Gasteiger partial charge in [0.2, 0.25) is 5.91 Å². The fraction of sp³-hybridized carbons (Fsp3) is 0.333. The van der Waals surface area contributed by atoms with Crippen molar-refractivity contribution in [3.05, 3.63) is 29.6 Å². The number of ether oxygens (including phenoxy) is 1. The summed E-state index contributed by atoms with van der Waals surface area (Å²) in [4.78, 5) is 16.2. The van der Waals surface area contributed by atoms with E-state index >= 15 is 0 Å². The van der Waals surface area contributed by atoms with Crippen LogP contribution >= 0.6 is 11.3 Å². The Morgan fingerprint density at radius 3 is 2.95 bits per heavy atom. The number of carbonyl (C=O) groups excluding carboxylic acids is 1. The molecule has 2 rings (SSSR count). The number of methoxy groups -OCH3 is 1. The van der Waals surface area contributed by atoms with E-state index in [4.69, 9.17) is 4.74 Å². The first-order valence-corrected chi connectivity index (χ1v) is 7.66. The summed E-state index contributed by atoms with van der Waals surface area (Å²) in [5.74, 6) is 0.765. The van der Waals surface area contributed by atoms with Crippen molar-refractivity contribution < 1.29 is 9.53 Å². The summed E-state index contributed by atoms with van der Waals surface area (Å²) in [5, 5.41) is 8.38. The minimum atomic E-state index is -0.00817. The van der Waals surface area contributed by atoms with Crippen molar-refractivity contribution in [2.75, 3.05) is 26.0 Å².